The molecule has 0 aliphatic carbocycles. The molecule has 158 valence electrons. The summed E-state index contributed by atoms with van der Waals surface area (Å²) in [6.45, 7) is 0.990. The first-order chi connectivity index (χ1) is 15.7. The monoisotopic (exact) mass is 421 g/mol. The fourth-order valence-electron chi connectivity index (χ4n) is 4.04. The minimum atomic E-state index is -0.188. The van der Waals surface area contributed by atoms with E-state index < -0.39 is 0 Å². The van der Waals surface area contributed by atoms with Crippen LogP contribution in [0, 0.1) is 0 Å². The number of carbonyl (C=O) groups is 1. The summed E-state index contributed by atoms with van der Waals surface area (Å²) in [6, 6.07) is 30.1. The smallest absolute Gasteiger partial charge is 0.255 e. The summed E-state index contributed by atoms with van der Waals surface area (Å²) in [5.41, 5.74) is 3.65. The van der Waals surface area contributed by atoms with Gasteiger partial charge in [-0.15, -0.1) is 0 Å². The van der Waals surface area contributed by atoms with Crippen molar-refractivity contribution in [2.45, 2.75) is 13.1 Å². The van der Waals surface area contributed by atoms with Crippen LogP contribution in [0.25, 0.3) is 21.8 Å². The van der Waals surface area contributed by atoms with Crippen molar-refractivity contribution in [1.29, 1.82) is 0 Å². The number of hydrogen-bond acceptors (Lipinski definition) is 3. The molecule has 0 aliphatic heterocycles. The van der Waals surface area contributed by atoms with E-state index >= 15 is 0 Å². The Balaban J connectivity index is 1.45. The summed E-state index contributed by atoms with van der Waals surface area (Å²) >= 11 is 0. The number of methoxy groups -OCH3 is 1. The minimum absolute atomic E-state index is 0.188. The van der Waals surface area contributed by atoms with Crippen LogP contribution in [0.1, 0.15) is 21.7 Å². The Bertz CT molecular complexity index is 1420. The predicted octanol–water partition coefficient (Wildman–Crippen LogP) is 5.18. The van der Waals surface area contributed by atoms with Gasteiger partial charge in [-0.1, -0.05) is 60.7 Å². The van der Waals surface area contributed by atoms with Gasteiger partial charge in [0.25, 0.3) is 5.91 Å². The van der Waals surface area contributed by atoms with Crippen LogP contribution in [0.15, 0.2) is 91.0 Å². The summed E-state index contributed by atoms with van der Waals surface area (Å²) in [5.74, 6) is 1.17. The van der Waals surface area contributed by atoms with Gasteiger partial charge in [-0.3, -0.25) is 4.79 Å². The highest BCUT2D eigenvalue weighted by atomic mass is 16.5. The minimum Gasteiger partial charge on any atom is -0.496 e. The summed E-state index contributed by atoms with van der Waals surface area (Å²) in [7, 11) is 1.56. The maximum Gasteiger partial charge on any atom is 0.255 e. The number of aromatic nitrogens is 2. The molecule has 5 heteroatoms. The highest BCUT2D eigenvalue weighted by Gasteiger charge is 2.15. The number of benzene rings is 4. The lowest BCUT2D eigenvalue weighted by Crippen LogP contribution is -2.25. The molecule has 32 heavy (non-hydrogen) atoms. The largest absolute Gasteiger partial charge is 0.496 e. The average Bonchev–Trinajstić information content (AvgIpc) is 3.19. The fraction of sp³-hybridized carbons (Fsp3) is 0.111. The van der Waals surface area contributed by atoms with E-state index in [9.17, 15) is 4.79 Å². The highest BCUT2D eigenvalue weighted by Crippen LogP contribution is 2.22. The van der Waals surface area contributed by atoms with Gasteiger partial charge >= 0.3 is 0 Å². The lowest BCUT2D eigenvalue weighted by Gasteiger charge is -2.12. The van der Waals surface area contributed by atoms with E-state index in [2.05, 4.69) is 52.3 Å². The molecular formula is C27H23N3O2. The number of nitrogens with one attached hydrogen (secondary N) is 1. The first-order valence-electron chi connectivity index (χ1n) is 10.6. The van der Waals surface area contributed by atoms with Gasteiger partial charge in [-0.05, 0) is 46.7 Å². The number of amides is 1. The molecule has 0 saturated heterocycles. The molecule has 4 aromatic carbocycles. The third-order valence-electron chi connectivity index (χ3n) is 5.65. The Labute approximate surface area is 186 Å². The molecule has 1 aromatic heterocycles. The van der Waals surface area contributed by atoms with Gasteiger partial charge < -0.3 is 14.6 Å². The molecule has 0 fully saturated rings. The predicted molar refractivity (Wildman–Crippen MR) is 127 cm³/mol. The topological polar surface area (TPSA) is 56.1 Å². The molecule has 1 N–H and O–H groups in total. The van der Waals surface area contributed by atoms with E-state index in [-0.39, 0.29) is 5.91 Å². The molecule has 0 atom stereocenters. The van der Waals surface area contributed by atoms with E-state index in [1.807, 2.05) is 36.4 Å². The second kappa shape index (κ2) is 8.55. The van der Waals surface area contributed by atoms with Crippen molar-refractivity contribution in [3.8, 4) is 5.75 Å². The van der Waals surface area contributed by atoms with Crippen LogP contribution in [-0.4, -0.2) is 22.6 Å². The quantitative estimate of drug-likeness (QED) is 0.411. The Kier molecular flexibility index (Phi) is 5.30. The summed E-state index contributed by atoms with van der Waals surface area (Å²) in [6.07, 6.45) is 0. The van der Waals surface area contributed by atoms with Crippen molar-refractivity contribution in [1.82, 2.24) is 14.9 Å². The molecule has 1 amide bonds. The zero-order valence-corrected chi connectivity index (χ0v) is 17.8. The summed E-state index contributed by atoms with van der Waals surface area (Å²) < 4.78 is 7.49. The van der Waals surface area contributed by atoms with Crippen molar-refractivity contribution in [2.24, 2.45) is 0 Å². The number of rotatable bonds is 6. The maximum absolute atomic E-state index is 12.8. The third-order valence-corrected chi connectivity index (χ3v) is 5.65. The Hall–Kier alpha value is -4.12. The van der Waals surface area contributed by atoms with Crippen LogP contribution in [0.5, 0.6) is 5.75 Å². The molecule has 0 saturated carbocycles. The van der Waals surface area contributed by atoms with Crippen molar-refractivity contribution in [2.75, 3.05) is 7.11 Å². The van der Waals surface area contributed by atoms with E-state index in [0.717, 1.165) is 16.9 Å². The van der Waals surface area contributed by atoms with Gasteiger partial charge in [0.05, 0.1) is 30.3 Å². The number of para-hydroxylation sites is 3. The number of ether oxygens (including phenoxy) is 1. The van der Waals surface area contributed by atoms with Crippen LogP contribution in [0.4, 0.5) is 0 Å². The van der Waals surface area contributed by atoms with E-state index in [1.165, 1.54) is 16.3 Å². The van der Waals surface area contributed by atoms with Crippen molar-refractivity contribution >= 4 is 27.7 Å². The number of carbonyl (C=O) groups excluding carboxylic acids is 1. The van der Waals surface area contributed by atoms with Gasteiger partial charge in [-0.2, -0.15) is 0 Å². The molecular weight excluding hydrogens is 398 g/mol. The second-order valence-corrected chi connectivity index (χ2v) is 7.67. The van der Waals surface area contributed by atoms with E-state index in [4.69, 9.17) is 9.72 Å². The molecule has 0 aliphatic rings. The first-order valence-corrected chi connectivity index (χ1v) is 10.6. The average molecular weight is 422 g/mol. The van der Waals surface area contributed by atoms with Crippen molar-refractivity contribution < 1.29 is 9.53 Å². The fourth-order valence-corrected chi connectivity index (χ4v) is 4.04. The van der Waals surface area contributed by atoms with Crippen LogP contribution >= 0.6 is 0 Å². The van der Waals surface area contributed by atoms with Gasteiger partial charge in [0, 0.05) is 6.54 Å². The van der Waals surface area contributed by atoms with Crippen LogP contribution < -0.4 is 10.1 Å². The maximum atomic E-state index is 12.8. The molecule has 1 heterocycles. The third kappa shape index (κ3) is 3.81. The van der Waals surface area contributed by atoms with Gasteiger partial charge in [0.1, 0.15) is 11.6 Å². The molecule has 5 rings (SSSR count). The zero-order valence-electron chi connectivity index (χ0n) is 17.8. The van der Waals surface area contributed by atoms with Gasteiger partial charge in [0.15, 0.2) is 0 Å². The Morgan fingerprint density at radius 2 is 1.66 bits per heavy atom. The van der Waals surface area contributed by atoms with Crippen molar-refractivity contribution in [3.63, 3.8) is 0 Å². The lowest BCUT2D eigenvalue weighted by molar-refractivity contribution is 0.0946. The Morgan fingerprint density at radius 1 is 0.906 bits per heavy atom. The number of fused-ring (bicyclic) bond motifs is 2. The molecule has 0 spiro atoms. The standard InChI is InChI=1S/C27H23N3O2/c1-32-25-13-7-4-10-22(25)27(31)28-17-26-29-23-11-5-6-12-24(23)30(26)18-19-14-15-20-8-2-3-9-21(20)16-19/h2-16H,17-18H2,1H3,(H,28,31). The number of nitrogens with zero attached hydrogens (tertiary/aromatic N) is 2. The first kappa shape index (κ1) is 19.8. The van der Waals surface area contributed by atoms with Crippen LogP contribution in [0.3, 0.4) is 0 Å². The summed E-state index contributed by atoms with van der Waals surface area (Å²) in [4.78, 5) is 17.6. The molecule has 0 radical (unpaired) electrons. The zero-order chi connectivity index (χ0) is 21.9. The summed E-state index contributed by atoms with van der Waals surface area (Å²) in [5, 5.41) is 5.43. The molecule has 5 aromatic rings. The normalized spacial score (nSPS) is 11.0. The van der Waals surface area contributed by atoms with E-state index in [0.29, 0.717) is 24.4 Å². The lowest BCUT2D eigenvalue weighted by atomic mass is 10.1. The van der Waals surface area contributed by atoms with Gasteiger partial charge in [0.2, 0.25) is 0 Å². The second-order valence-electron chi connectivity index (χ2n) is 7.67. The van der Waals surface area contributed by atoms with Gasteiger partial charge in [-0.25, -0.2) is 4.98 Å². The van der Waals surface area contributed by atoms with E-state index in [1.54, 1.807) is 19.2 Å². The van der Waals surface area contributed by atoms with Crippen LogP contribution in [-0.2, 0) is 13.1 Å². The van der Waals surface area contributed by atoms with Crippen LogP contribution in [0.2, 0.25) is 0 Å². The van der Waals surface area contributed by atoms with Crippen molar-refractivity contribution in [3.05, 3.63) is 108 Å². The molecule has 5 nitrogen and oxygen atoms in total. The number of imidazole rings is 1. The molecule has 0 unspecified atom stereocenters. The molecule has 0 bridgehead atoms. The number of hydrogen-bond donors (Lipinski definition) is 1. The Morgan fingerprint density at radius 3 is 2.53 bits per heavy atom. The SMILES string of the molecule is COc1ccccc1C(=O)NCc1nc2ccccc2n1Cc1ccc2ccccc2c1. The highest BCUT2D eigenvalue weighted by molar-refractivity contribution is 5.96.